The highest BCUT2D eigenvalue weighted by Crippen LogP contribution is 2.37. The van der Waals surface area contributed by atoms with Crippen LogP contribution >= 0.6 is 0 Å². The van der Waals surface area contributed by atoms with Gasteiger partial charge in [-0.25, -0.2) is 0 Å². The van der Waals surface area contributed by atoms with Crippen molar-refractivity contribution in [2.45, 2.75) is 32.5 Å². The molecule has 0 aliphatic rings. The molecule has 96 valence electrons. The van der Waals surface area contributed by atoms with Gasteiger partial charge in [0.25, 0.3) is 0 Å². The molecule has 17 heavy (non-hydrogen) atoms. The molecule has 1 unspecified atom stereocenters. The van der Waals surface area contributed by atoms with Gasteiger partial charge in [0.2, 0.25) is 0 Å². The number of anilines is 1. The van der Waals surface area contributed by atoms with E-state index in [1.54, 1.807) is 0 Å². The van der Waals surface area contributed by atoms with Crippen LogP contribution in [-0.4, -0.2) is 13.2 Å². The van der Waals surface area contributed by atoms with Crippen molar-refractivity contribution in [1.82, 2.24) is 0 Å². The van der Waals surface area contributed by atoms with E-state index in [2.05, 4.69) is 5.32 Å². The fourth-order valence-electron chi connectivity index (χ4n) is 1.38. The maximum absolute atomic E-state index is 12.8. The Labute approximate surface area is 98.8 Å². The van der Waals surface area contributed by atoms with E-state index in [9.17, 15) is 13.2 Å². The fraction of sp³-hybridized carbons (Fsp3) is 0.500. The molecule has 2 nitrogen and oxygen atoms in total. The summed E-state index contributed by atoms with van der Waals surface area (Å²) in [7, 11) is 1.34. The van der Waals surface area contributed by atoms with E-state index in [1.165, 1.54) is 19.2 Å². The number of halogens is 3. The molecule has 5 heteroatoms. The van der Waals surface area contributed by atoms with Crippen molar-refractivity contribution in [3.8, 4) is 5.75 Å². The maximum atomic E-state index is 12.8. The molecule has 1 aromatic rings. The van der Waals surface area contributed by atoms with Crippen LogP contribution in [0, 0.1) is 0 Å². The lowest BCUT2D eigenvalue weighted by Crippen LogP contribution is -2.17. The van der Waals surface area contributed by atoms with Crippen LogP contribution < -0.4 is 10.1 Å². The molecule has 1 rings (SSSR count). The summed E-state index contributed by atoms with van der Waals surface area (Å²) in [6.45, 7) is 3.75. The Kier molecular flexibility index (Phi) is 4.26. The van der Waals surface area contributed by atoms with Gasteiger partial charge in [-0.3, -0.25) is 0 Å². The number of benzene rings is 1. The summed E-state index contributed by atoms with van der Waals surface area (Å²) in [5.41, 5.74) is -0.607. The standard InChI is InChI=1S/C12H16F3NO/c1-4-8(2)16-11-6-5-9(17-3)7-10(11)12(13,14)15/h5-8,16H,4H2,1-3H3. The second-order valence-electron chi connectivity index (χ2n) is 3.86. The van der Waals surface area contributed by atoms with Crippen LogP contribution in [0.15, 0.2) is 18.2 Å². The smallest absolute Gasteiger partial charge is 0.418 e. The Morgan fingerprint density at radius 1 is 1.35 bits per heavy atom. The van der Waals surface area contributed by atoms with Gasteiger partial charge in [-0.05, 0) is 31.5 Å². The first-order valence-corrected chi connectivity index (χ1v) is 5.40. The van der Waals surface area contributed by atoms with E-state index >= 15 is 0 Å². The zero-order valence-corrected chi connectivity index (χ0v) is 10.1. The number of ether oxygens (including phenoxy) is 1. The first-order valence-electron chi connectivity index (χ1n) is 5.40. The van der Waals surface area contributed by atoms with Crippen molar-refractivity contribution < 1.29 is 17.9 Å². The third kappa shape index (κ3) is 3.54. The van der Waals surface area contributed by atoms with E-state index < -0.39 is 11.7 Å². The highest BCUT2D eigenvalue weighted by Gasteiger charge is 2.34. The number of alkyl halides is 3. The minimum absolute atomic E-state index is 0.00973. The minimum Gasteiger partial charge on any atom is -0.497 e. The zero-order valence-electron chi connectivity index (χ0n) is 10.1. The summed E-state index contributed by atoms with van der Waals surface area (Å²) in [6, 6.07) is 3.91. The van der Waals surface area contributed by atoms with Gasteiger partial charge in [-0.2, -0.15) is 13.2 Å². The van der Waals surface area contributed by atoms with Crippen LogP contribution in [0.3, 0.4) is 0 Å². The number of rotatable bonds is 4. The fourth-order valence-corrected chi connectivity index (χ4v) is 1.38. The summed E-state index contributed by atoms with van der Waals surface area (Å²) in [5.74, 6) is 0.201. The second-order valence-corrected chi connectivity index (χ2v) is 3.86. The first-order chi connectivity index (χ1) is 7.88. The number of nitrogens with one attached hydrogen (secondary N) is 1. The number of methoxy groups -OCH3 is 1. The first kappa shape index (κ1) is 13.7. The average molecular weight is 247 g/mol. The molecule has 0 saturated heterocycles. The largest absolute Gasteiger partial charge is 0.497 e. The van der Waals surface area contributed by atoms with Gasteiger partial charge in [0.15, 0.2) is 0 Å². The van der Waals surface area contributed by atoms with E-state index in [0.29, 0.717) is 0 Å². The topological polar surface area (TPSA) is 21.3 Å². The van der Waals surface area contributed by atoms with Gasteiger partial charge in [-0.15, -0.1) is 0 Å². The van der Waals surface area contributed by atoms with Crippen LogP contribution in [0.1, 0.15) is 25.8 Å². The van der Waals surface area contributed by atoms with E-state index in [1.807, 2.05) is 13.8 Å². The van der Waals surface area contributed by atoms with Gasteiger partial charge in [-0.1, -0.05) is 6.92 Å². The predicted molar refractivity (Wildman–Crippen MR) is 61.4 cm³/mol. The van der Waals surface area contributed by atoms with Crippen LogP contribution in [0.5, 0.6) is 5.75 Å². The van der Waals surface area contributed by atoms with Crippen molar-refractivity contribution in [2.24, 2.45) is 0 Å². The minimum atomic E-state index is -4.38. The molecule has 0 saturated carbocycles. The number of hydrogen-bond donors (Lipinski definition) is 1. The molecule has 0 heterocycles. The van der Waals surface area contributed by atoms with Gasteiger partial charge < -0.3 is 10.1 Å². The Morgan fingerprint density at radius 3 is 2.47 bits per heavy atom. The van der Waals surface area contributed by atoms with Crippen molar-refractivity contribution in [2.75, 3.05) is 12.4 Å². The molecule has 0 radical (unpaired) electrons. The van der Waals surface area contributed by atoms with Crippen LogP contribution in [0.25, 0.3) is 0 Å². The maximum Gasteiger partial charge on any atom is 0.418 e. The molecule has 0 fully saturated rings. The third-order valence-corrected chi connectivity index (χ3v) is 2.55. The summed E-state index contributed by atoms with van der Waals surface area (Å²) in [5, 5.41) is 2.84. The van der Waals surface area contributed by atoms with Crippen molar-refractivity contribution in [3.05, 3.63) is 23.8 Å². The summed E-state index contributed by atoms with van der Waals surface area (Å²) >= 11 is 0. The van der Waals surface area contributed by atoms with Crippen LogP contribution in [0.4, 0.5) is 18.9 Å². The molecule has 1 N–H and O–H groups in total. The quantitative estimate of drug-likeness (QED) is 0.870. The molecular formula is C12H16F3NO. The molecule has 0 aliphatic carbocycles. The van der Waals surface area contributed by atoms with Crippen molar-refractivity contribution in [1.29, 1.82) is 0 Å². The molecule has 0 bridgehead atoms. The van der Waals surface area contributed by atoms with Crippen LogP contribution in [-0.2, 0) is 6.18 Å². The molecule has 1 atom stereocenters. The van der Waals surface area contributed by atoms with Crippen LogP contribution in [0.2, 0.25) is 0 Å². The Morgan fingerprint density at radius 2 is 2.00 bits per heavy atom. The molecule has 0 amide bonds. The normalized spacial score (nSPS) is 13.3. The molecular weight excluding hydrogens is 231 g/mol. The van der Waals surface area contributed by atoms with E-state index in [0.717, 1.165) is 12.5 Å². The molecule has 0 spiro atoms. The highest BCUT2D eigenvalue weighted by molar-refractivity contribution is 5.56. The molecule has 0 aromatic heterocycles. The SMILES string of the molecule is CCC(C)Nc1ccc(OC)cc1C(F)(F)F. The predicted octanol–water partition coefficient (Wildman–Crippen LogP) is 3.92. The average Bonchev–Trinajstić information content (AvgIpc) is 2.28. The van der Waals surface area contributed by atoms with Gasteiger partial charge in [0.1, 0.15) is 5.75 Å². The lowest BCUT2D eigenvalue weighted by molar-refractivity contribution is -0.137. The van der Waals surface area contributed by atoms with Gasteiger partial charge in [0, 0.05) is 11.7 Å². The molecule has 1 aromatic carbocycles. The lowest BCUT2D eigenvalue weighted by Gasteiger charge is -2.19. The Bertz CT molecular complexity index is 377. The highest BCUT2D eigenvalue weighted by atomic mass is 19.4. The zero-order chi connectivity index (χ0) is 13.1. The van der Waals surface area contributed by atoms with E-state index in [4.69, 9.17) is 4.74 Å². The Balaban J connectivity index is 3.11. The van der Waals surface area contributed by atoms with Crippen molar-refractivity contribution in [3.63, 3.8) is 0 Å². The Hall–Kier alpha value is -1.39. The molecule has 0 aliphatic heterocycles. The summed E-state index contributed by atoms with van der Waals surface area (Å²) in [6.07, 6.45) is -3.63. The van der Waals surface area contributed by atoms with E-state index in [-0.39, 0.29) is 17.5 Å². The summed E-state index contributed by atoms with van der Waals surface area (Å²) < 4.78 is 43.3. The van der Waals surface area contributed by atoms with Gasteiger partial charge in [0.05, 0.1) is 12.7 Å². The van der Waals surface area contributed by atoms with Crippen molar-refractivity contribution >= 4 is 5.69 Å². The third-order valence-electron chi connectivity index (χ3n) is 2.55. The monoisotopic (exact) mass is 247 g/mol. The number of hydrogen-bond acceptors (Lipinski definition) is 2. The summed E-state index contributed by atoms with van der Waals surface area (Å²) in [4.78, 5) is 0. The lowest BCUT2D eigenvalue weighted by atomic mass is 10.1. The van der Waals surface area contributed by atoms with Gasteiger partial charge >= 0.3 is 6.18 Å². The second kappa shape index (κ2) is 5.29.